The summed E-state index contributed by atoms with van der Waals surface area (Å²) in [7, 11) is 1.58. The van der Waals surface area contributed by atoms with E-state index in [0.717, 1.165) is 5.69 Å². The van der Waals surface area contributed by atoms with Gasteiger partial charge in [0.25, 0.3) is 5.56 Å². The van der Waals surface area contributed by atoms with Crippen molar-refractivity contribution in [3.8, 4) is 5.75 Å². The quantitative estimate of drug-likeness (QED) is 0.818. The number of hydrogen-bond acceptors (Lipinski definition) is 4. The first-order valence-electron chi connectivity index (χ1n) is 4.75. The van der Waals surface area contributed by atoms with E-state index in [2.05, 4.69) is 15.3 Å². The Labute approximate surface area is 92.1 Å². The first-order chi connectivity index (χ1) is 7.79. The zero-order valence-corrected chi connectivity index (χ0v) is 8.73. The Hall–Kier alpha value is -2.30. The van der Waals surface area contributed by atoms with E-state index < -0.39 is 0 Å². The summed E-state index contributed by atoms with van der Waals surface area (Å²) in [4.78, 5) is 17.6. The van der Waals surface area contributed by atoms with Crippen LogP contribution in [0.2, 0.25) is 0 Å². The fourth-order valence-corrected chi connectivity index (χ4v) is 1.31. The zero-order valence-electron chi connectivity index (χ0n) is 8.73. The first kappa shape index (κ1) is 10.2. The van der Waals surface area contributed by atoms with Crippen molar-refractivity contribution >= 4 is 11.6 Å². The van der Waals surface area contributed by atoms with Crippen LogP contribution in [-0.4, -0.2) is 17.1 Å². The van der Waals surface area contributed by atoms with E-state index in [1.165, 1.54) is 12.3 Å². The first-order valence-corrected chi connectivity index (χ1v) is 4.75. The number of ether oxygens (including phenoxy) is 1. The van der Waals surface area contributed by atoms with Crippen LogP contribution < -0.4 is 15.6 Å². The van der Waals surface area contributed by atoms with Gasteiger partial charge in [0.1, 0.15) is 5.75 Å². The number of hydrogen-bond donors (Lipinski definition) is 2. The summed E-state index contributed by atoms with van der Waals surface area (Å²) < 4.78 is 5.17. The highest BCUT2D eigenvalue weighted by Crippen LogP contribution is 2.24. The van der Waals surface area contributed by atoms with Gasteiger partial charge in [-0.25, -0.2) is 4.98 Å². The fraction of sp³-hybridized carbons (Fsp3) is 0.0909. The van der Waals surface area contributed by atoms with Gasteiger partial charge in [-0.1, -0.05) is 12.1 Å². The van der Waals surface area contributed by atoms with Gasteiger partial charge in [-0.05, 0) is 12.1 Å². The maximum Gasteiger partial charge on any atom is 0.252 e. The Kier molecular flexibility index (Phi) is 2.86. The summed E-state index contributed by atoms with van der Waals surface area (Å²) in [5.41, 5.74) is 0.548. The monoisotopic (exact) mass is 217 g/mol. The summed E-state index contributed by atoms with van der Waals surface area (Å²) in [5, 5.41) is 2.97. The maximum atomic E-state index is 11.1. The lowest BCUT2D eigenvalue weighted by Gasteiger charge is -2.09. The molecule has 2 aromatic rings. The number of anilines is 2. The molecule has 2 rings (SSSR count). The van der Waals surface area contributed by atoms with Gasteiger partial charge in [-0.2, -0.15) is 0 Å². The van der Waals surface area contributed by atoms with Crippen LogP contribution in [0.1, 0.15) is 0 Å². The molecule has 5 heteroatoms. The Bertz CT molecular complexity index is 537. The molecular weight excluding hydrogens is 206 g/mol. The number of rotatable bonds is 3. The third-order valence-electron chi connectivity index (χ3n) is 2.03. The minimum absolute atomic E-state index is 0.201. The molecule has 0 saturated heterocycles. The topological polar surface area (TPSA) is 67.0 Å². The van der Waals surface area contributed by atoms with Gasteiger partial charge in [0, 0.05) is 12.3 Å². The summed E-state index contributed by atoms with van der Waals surface area (Å²) in [6, 6.07) is 8.75. The molecule has 0 aliphatic carbocycles. The van der Waals surface area contributed by atoms with Gasteiger partial charge in [0.05, 0.1) is 12.8 Å². The van der Waals surface area contributed by atoms with Crippen LogP contribution in [0.25, 0.3) is 0 Å². The predicted octanol–water partition coefficient (Wildman–Crippen LogP) is 1.52. The molecule has 0 radical (unpaired) electrons. The predicted molar refractivity (Wildman–Crippen MR) is 61.1 cm³/mol. The number of methoxy groups -OCH3 is 1. The number of H-pyrrole nitrogens is 1. The fourth-order valence-electron chi connectivity index (χ4n) is 1.31. The molecule has 16 heavy (non-hydrogen) atoms. The minimum atomic E-state index is -0.201. The molecule has 0 aliphatic rings. The van der Waals surface area contributed by atoms with Crippen LogP contribution in [0.15, 0.2) is 41.3 Å². The van der Waals surface area contributed by atoms with Crippen molar-refractivity contribution in [1.29, 1.82) is 0 Å². The number of aromatic nitrogens is 2. The van der Waals surface area contributed by atoms with Crippen molar-refractivity contribution in [2.45, 2.75) is 0 Å². The average Bonchev–Trinajstić information content (AvgIpc) is 2.30. The lowest BCUT2D eigenvalue weighted by molar-refractivity contribution is 0.417. The van der Waals surface area contributed by atoms with Crippen molar-refractivity contribution in [1.82, 2.24) is 9.97 Å². The van der Waals surface area contributed by atoms with Gasteiger partial charge in [0.2, 0.25) is 5.95 Å². The van der Waals surface area contributed by atoms with Crippen LogP contribution in [0.4, 0.5) is 11.6 Å². The van der Waals surface area contributed by atoms with E-state index in [0.29, 0.717) is 11.7 Å². The normalized spacial score (nSPS) is 9.81. The molecule has 0 fully saturated rings. The number of aromatic amines is 1. The van der Waals surface area contributed by atoms with E-state index >= 15 is 0 Å². The molecule has 1 aromatic carbocycles. The van der Waals surface area contributed by atoms with Gasteiger partial charge in [-0.3, -0.25) is 9.78 Å². The molecule has 0 amide bonds. The molecule has 0 aliphatic heterocycles. The second-order valence-electron chi connectivity index (χ2n) is 3.11. The van der Waals surface area contributed by atoms with Crippen molar-refractivity contribution in [3.63, 3.8) is 0 Å². The standard InChI is InChI=1S/C11H11N3O2/c1-16-9-5-3-2-4-8(9)13-11-12-7-6-10(15)14-11/h2-7H,1H3,(H2,12,13,14,15). The Morgan fingerprint density at radius 1 is 1.31 bits per heavy atom. The van der Waals surface area contributed by atoms with Gasteiger partial charge < -0.3 is 10.1 Å². The highest BCUT2D eigenvalue weighted by molar-refractivity contribution is 5.61. The second kappa shape index (κ2) is 4.48. The van der Waals surface area contributed by atoms with Crippen molar-refractivity contribution in [2.24, 2.45) is 0 Å². The Morgan fingerprint density at radius 3 is 2.88 bits per heavy atom. The molecule has 2 N–H and O–H groups in total. The smallest absolute Gasteiger partial charge is 0.252 e. The number of nitrogens with zero attached hydrogens (tertiary/aromatic N) is 1. The largest absolute Gasteiger partial charge is 0.495 e. The van der Waals surface area contributed by atoms with E-state index in [-0.39, 0.29) is 5.56 Å². The van der Waals surface area contributed by atoms with Crippen LogP contribution >= 0.6 is 0 Å². The Morgan fingerprint density at radius 2 is 2.12 bits per heavy atom. The number of benzene rings is 1. The van der Waals surface area contributed by atoms with Gasteiger partial charge >= 0.3 is 0 Å². The van der Waals surface area contributed by atoms with Crippen molar-refractivity contribution in [2.75, 3.05) is 12.4 Å². The highest BCUT2D eigenvalue weighted by atomic mass is 16.5. The molecule has 82 valence electrons. The molecule has 0 bridgehead atoms. The van der Waals surface area contributed by atoms with E-state index in [1.54, 1.807) is 7.11 Å². The lowest BCUT2D eigenvalue weighted by Crippen LogP contribution is -2.08. The number of para-hydroxylation sites is 2. The molecule has 1 aromatic heterocycles. The second-order valence-corrected chi connectivity index (χ2v) is 3.11. The average molecular weight is 217 g/mol. The van der Waals surface area contributed by atoms with E-state index in [9.17, 15) is 4.79 Å². The molecule has 5 nitrogen and oxygen atoms in total. The summed E-state index contributed by atoms with van der Waals surface area (Å²) in [6.45, 7) is 0. The van der Waals surface area contributed by atoms with Crippen molar-refractivity contribution < 1.29 is 4.74 Å². The van der Waals surface area contributed by atoms with Crippen LogP contribution in [0.3, 0.4) is 0 Å². The third-order valence-corrected chi connectivity index (χ3v) is 2.03. The summed E-state index contributed by atoms with van der Waals surface area (Å²) in [6.07, 6.45) is 1.44. The SMILES string of the molecule is COc1ccccc1Nc1nccc(=O)[nH]1. The van der Waals surface area contributed by atoms with E-state index in [1.807, 2.05) is 24.3 Å². The molecule has 1 heterocycles. The van der Waals surface area contributed by atoms with Crippen LogP contribution in [-0.2, 0) is 0 Å². The maximum absolute atomic E-state index is 11.1. The minimum Gasteiger partial charge on any atom is -0.495 e. The molecule has 0 atom stereocenters. The Balaban J connectivity index is 2.30. The van der Waals surface area contributed by atoms with E-state index in [4.69, 9.17) is 4.74 Å². The lowest BCUT2D eigenvalue weighted by atomic mass is 10.3. The van der Waals surface area contributed by atoms with Gasteiger partial charge in [0.15, 0.2) is 0 Å². The zero-order chi connectivity index (χ0) is 11.4. The summed E-state index contributed by atoms with van der Waals surface area (Å²) in [5.74, 6) is 1.08. The van der Waals surface area contributed by atoms with Crippen LogP contribution in [0, 0.1) is 0 Å². The van der Waals surface area contributed by atoms with Gasteiger partial charge in [-0.15, -0.1) is 0 Å². The summed E-state index contributed by atoms with van der Waals surface area (Å²) >= 11 is 0. The number of nitrogens with one attached hydrogen (secondary N) is 2. The van der Waals surface area contributed by atoms with Crippen molar-refractivity contribution in [3.05, 3.63) is 46.9 Å². The molecular formula is C11H11N3O2. The third kappa shape index (κ3) is 2.20. The molecule has 0 unspecified atom stereocenters. The molecule has 0 spiro atoms. The van der Waals surface area contributed by atoms with Crippen LogP contribution in [0.5, 0.6) is 5.75 Å². The highest BCUT2D eigenvalue weighted by Gasteiger charge is 2.02. The molecule has 0 saturated carbocycles.